The molecule has 19 heavy (non-hydrogen) atoms. The Labute approximate surface area is 114 Å². The van der Waals surface area contributed by atoms with Crippen LogP contribution < -0.4 is 10.6 Å². The van der Waals surface area contributed by atoms with Crippen LogP contribution in [-0.2, 0) is 0 Å². The van der Waals surface area contributed by atoms with Crippen LogP contribution in [0.2, 0.25) is 0 Å². The molecule has 0 aliphatic carbocycles. The van der Waals surface area contributed by atoms with Crippen molar-refractivity contribution >= 4 is 11.4 Å². The molecule has 2 unspecified atom stereocenters. The number of piperidine rings is 1. The number of nitrogens with zero attached hydrogens (tertiary/aromatic N) is 2. The monoisotopic (exact) mass is 263 g/mol. The third-order valence-electron chi connectivity index (χ3n) is 4.53. The number of anilines is 2. The molecule has 0 amide bonds. The lowest BCUT2D eigenvalue weighted by atomic mass is 9.96. The lowest BCUT2D eigenvalue weighted by Crippen LogP contribution is -2.59. The Hall–Kier alpha value is -1.29. The molecule has 0 aromatic heterocycles. The van der Waals surface area contributed by atoms with Crippen LogP contribution in [0.4, 0.5) is 15.8 Å². The lowest BCUT2D eigenvalue weighted by molar-refractivity contribution is 0.115. The Bertz CT molecular complexity index is 463. The zero-order chi connectivity index (χ0) is 13.4. The molecule has 2 aliphatic heterocycles. The van der Waals surface area contributed by atoms with Crippen molar-refractivity contribution in [2.45, 2.75) is 38.3 Å². The molecular formula is C15H22FN3. The summed E-state index contributed by atoms with van der Waals surface area (Å²) in [5.41, 5.74) is 7.06. The second-order valence-electron chi connectivity index (χ2n) is 5.82. The van der Waals surface area contributed by atoms with Crippen LogP contribution in [0.3, 0.4) is 0 Å². The standard InChI is InChI=1S/C15H22FN3/c1-11-9-18-8-3-2-5-12(18)10-19(11)14-7-4-6-13(16)15(14)17/h4,6-7,11-12H,2-3,5,8-10,17H2,1H3. The van der Waals surface area contributed by atoms with Crippen molar-refractivity contribution in [3.63, 3.8) is 0 Å². The molecule has 0 radical (unpaired) electrons. The van der Waals surface area contributed by atoms with Gasteiger partial charge in [0.15, 0.2) is 0 Å². The van der Waals surface area contributed by atoms with Crippen molar-refractivity contribution in [2.24, 2.45) is 0 Å². The van der Waals surface area contributed by atoms with Gasteiger partial charge in [0.05, 0.1) is 11.4 Å². The van der Waals surface area contributed by atoms with E-state index in [4.69, 9.17) is 5.73 Å². The molecule has 2 atom stereocenters. The first kappa shape index (κ1) is 12.7. The number of piperazine rings is 1. The highest BCUT2D eigenvalue weighted by Gasteiger charge is 2.33. The van der Waals surface area contributed by atoms with E-state index < -0.39 is 0 Å². The molecule has 104 valence electrons. The molecule has 3 rings (SSSR count). The van der Waals surface area contributed by atoms with Crippen LogP contribution in [0.1, 0.15) is 26.2 Å². The van der Waals surface area contributed by atoms with E-state index in [-0.39, 0.29) is 5.82 Å². The van der Waals surface area contributed by atoms with Crippen molar-refractivity contribution in [3.05, 3.63) is 24.0 Å². The van der Waals surface area contributed by atoms with Gasteiger partial charge in [-0.1, -0.05) is 12.5 Å². The fraction of sp³-hybridized carbons (Fsp3) is 0.600. The summed E-state index contributed by atoms with van der Waals surface area (Å²) in [4.78, 5) is 4.87. The maximum absolute atomic E-state index is 13.6. The van der Waals surface area contributed by atoms with E-state index in [9.17, 15) is 4.39 Å². The number of fused-ring (bicyclic) bond motifs is 1. The quantitative estimate of drug-likeness (QED) is 0.790. The molecule has 2 N–H and O–H groups in total. The number of hydrogen-bond donors (Lipinski definition) is 1. The van der Waals surface area contributed by atoms with Gasteiger partial charge in [0, 0.05) is 25.2 Å². The molecule has 1 aromatic rings. The number of nitrogens with two attached hydrogens (primary N) is 1. The van der Waals surface area contributed by atoms with Gasteiger partial charge in [-0.2, -0.15) is 0 Å². The van der Waals surface area contributed by atoms with Crippen LogP contribution in [0, 0.1) is 5.82 Å². The Kier molecular flexibility index (Phi) is 3.35. The number of para-hydroxylation sites is 1. The number of halogens is 1. The molecule has 0 saturated carbocycles. The maximum atomic E-state index is 13.6. The van der Waals surface area contributed by atoms with E-state index in [0.717, 1.165) is 18.8 Å². The van der Waals surface area contributed by atoms with E-state index in [2.05, 4.69) is 16.7 Å². The molecule has 2 saturated heterocycles. The average Bonchev–Trinajstić information content (AvgIpc) is 2.41. The SMILES string of the molecule is CC1CN2CCCCC2CN1c1cccc(F)c1N. The van der Waals surface area contributed by atoms with Gasteiger partial charge in [-0.25, -0.2) is 4.39 Å². The van der Waals surface area contributed by atoms with Crippen molar-refractivity contribution in [1.82, 2.24) is 4.90 Å². The van der Waals surface area contributed by atoms with Crippen molar-refractivity contribution < 1.29 is 4.39 Å². The molecule has 2 fully saturated rings. The van der Waals surface area contributed by atoms with E-state index in [1.165, 1.54) is 31.9 Å². The van der Waals surface area contributed by atoms with Gasteiger partial charge in [0.2, 0.25) is 0 Å². The predicted molar refractivity (Wildman–Crippen MR) is 76.8 cm³/mol. The van der Waals surface area contributed by atoms with E-state index in [0.29, 0.717) is 17.8 Å². The summed E-state index contributed by atoms with van der Waals surface area (Å²) in [7, 11) is 0. The topological polar surface area (TPSA) is 32.5 Å². The second kappa shape index (κ2) is 5.00. The largest absolute Gasteiger partial charge is 0.395 e. The Morgan fingerprint density at radius 3 is 2.95 bits per heavy atom. The number of rotatable bonds is 1. The van der Waals surface area contributed by atoms with E-state index >= 15 is 0 Å². The molecule has 2 heterocycles. The van der Waals surface area contributed by atoms with Gasteiger partial charge in [-0.3, -0.25) is 4.90 Å². The smallest absolute Gasteiger partial charge is 0.148 e. The molecule has 3 nitrogen and oxygen atoms in total. The minimum Gasteiger partial charge on any atom is -0.395 e. The molecule has 0 spiro atoms. The Morgan fingerprint density at radius 2 is 2.11 bits per heavy atom. The van der Waals surface area contributed by atoms with Gasteiger partial charge < -0.3 is 10.6 Å². The van der Waals surface area contributed by atoms with E-state index in [1.807, 2.05) is 6.07 Å². The van der Waals surface area contributed by atoms with Gasteiger partial charge in [0.25, 0.3) is 0 Å². The maximum Gasteiger partial charge on any atom is 0.148 e. The number of hydrogen-bond acceptors (Lipinski definition) is 3. The summed E-state index contributed by atoms with van der Waals surface area (Å²) < 4.78 is 13.6. The number of nitrogen functional groups attached to an aromatic ring is 1. The summed E-state index contributed by atoms with van der Waals surface area (Å²) in [5, 5.41) is 0. The van der Waals surface area contributed by atoms with Crippen molar-refractivity contribution in [1.29, 1.82) is 0 Å². The van der Waals surface area contributed by atoms with Gasteiger partial charge in [-0.15, -0.1) is 0 Å². The number of benzene rings is 1. The molecule has 2 aliphatic rings. The normalized spacial score (nSPS) is 28.2. The summed E-state index contributed by atoms with van der Waals surface area (Å²) in [6, 6.07) is 6.11. The van der Waals surface area contributed by atoms with Crippen molar-refractivity contribution in [3.8, 4) is 0 Å². The highest BCUT2D eigenvalue weighted by Crippen LogP contribution is 2.32. The van der Waals surface area contributed by atoms with Gasteiger partial charge >= 0.3 is 0 Å². The molecular weight excluding hydrogens is 241 g/mol. The minimum absolute atomic E-state index is 0.290. The van der Waals surface area contributed by atoms with Gasteiger partial charge in [0.1, 0.15) is 5.82 Å². The predicted octanol–water partition coefficient (Wildman–Crippen LogP) is 2.47. The summed E-state index contributed by atoms with van der Waals surface area (Å²) in [6.07, 6.45) is 3.87. The third-order valence-corrected chi connectivity index (χ3v) is 4.53. The first-order valence-corrected chi connectivity index (χ1v) is 7.21. The zero-order valence-corrected chi connectivity index (χ0v) is 11.5. The highest BCUT2D eigenvalue weighted by atomic mass is 19.1. The van der Waals surface area contributed by atoms with Crippen molar-refractivity contribution in [2.75, 3.05) is 30.3 Å². The van der Waals surface area contributed by atoms with E-state index in [1.54, 1.807) is 6.07 Å². The summed E-state index contributed by atoms with van der Waals surface area (Å²) in [5.74, 6) is -0.309. The minimum atomic E-state index is -0.309. The second-order valence-corrected chi connectivity index (χ2v) is 5.82. The fourth-order valence-corrected chi connectivity index (χ4v) is 3.46. The molecule has 1 aromatic carbocycles. The highest BCUT2D eigenvalue weighted by molar-refractivity contribution is 5.68. The molecule has 0 bridgehead atoms. The first-order chi connectivity index (χ1) is 9.16. The first-order valence-electron chi connectivity index (χ1n) is 7.21. The van der Waals surface area contributed by atoms with Gasteiger partial charge in [-0.05, 0) is 38.4 Å². The van der Waals surface area contributed by atoms with Crippen LogP contribution in [0.25, 0.3) is 0 Å². The summed E-state index contributed by atoms with van der Waals surface area (Å²) in [6.45, 7) is 5.44. The zero-order valence-electron chi connectivity index (χ0n) is 11.5. The lowest BCUT2D eigenvalue weighted by Gasteiger charge is -2.48. The fourth-order valence-electron chi connectivity index (χ4n) is 3.46. The van der Waals surface area contributed by atoms with Crippen LogP contribution in [0.15, 0.2) is 18.2 Å². The van der Waals surface area contributed by atoms with Crippen LogP contribution in [-0.4, -0.2) is 36.6 Å². The van der Waals surface area contributed by atoms with Crippen LogP contribution in [0.5, 0.6) is 0 Å². The average molecular weight is 263 g/mol. The van der Waals surface area contributed by atoms with Crippen LogP contribution >= 0.6 is 0 Å². The Balaban J connectivity index is 1.86. The Morgan fingerprint density at radius 1 is 1.26 bits per heavy atom. The molecule has 4 heteroatoms. The third kappa shape index (κ3) is 2.29. The summed E-state index contributed by atoms with van der Waals surface area (Å²) >= 11 is 0.